The Balaban J connectivity index is 1.68. The molecule has 0 spiro atoms. The van der Waals surface area contributed by atoms with E-state index in [0.717, 1.165) is 40.9 Å². The number of hydrogen-bond acceptors (Lipinski definition) is 8. The van der Waals surface area contributed by atoms with E-state index in [1.165, 1.54) is 6.33 Å². The van der Waals surface area contributed by atoms with E-state index in [1.54, 1.807) is 4.90 Å². The molecule has 2 aliphatic rings. The Bertz CT molecular complexity index is 1150. The summed E-state index contributed by atoms with van der Waals surface area (Å²) >= 11 is 0. The second-order valence-corrected chi connectivity index (χ2v) is 9.76. The Morgan fingerprint density at radius 2 is 2.14 bits per heavy atom. The molecule has 0 radical (unpaired) electrons. The number of nitrogens with zero attached hydrogens (tertiary/aromatic N) is 5. The second kappa shape index (κ2) is 10.4. The zero-order valence-electron chi connectivity index (χ0n) is 20.9. The smallest absolute Gasteiger partial charge is 0.410 e. The Morgan fingerprint density at radius 1 is 1.31 bits per heavy atom. The molecule has 2 aliphatic heterocycles. The third kappa shape index (κ3) is 5.42. The second-order valence-electron chi connectivity index (χ2n) is 9.76. The van der Waals surface area contributed by atoms with Crippen molar-refractivity contribution in [3.05, 3.63) is 24.0 Å². The number of carbonyl (C=O) groups is 1. The highest BCUT2D eigenvalue weighted by molar-refractivity contribution is 5.99. The monoisotopic (exact) mass is 479 g/mol. The number of fused-ring (bicyclic) bond motifs is 3. The summed E-state index contributed by atoms with van der Waals surface area (Å²) in [6, 6.07) is 3.84. The average molecular weight is 480 g/mol. The van der Waals surface area contributed by atoms with Gasteiger partial charge in [0.1, 0.15) is 35.9 Å². The number of anilines is 1. The summed E-state index contributed by atoms with van der Waals surface area (Å²) in [4.78, 5) is 25.7. The minimum absolute atomic E-state index is 0.200. The number of amides is 1. The Kier molecular flexibility index (Phi) is 7.29. The number of carbonyl (C=O) groups excluding carboxylic acids is 1. The van der Waals surface area contributed by atoms with Crippen LogP contribution in [0, 0.1) is 11.3 Å². The molecule has 1 amide bonds. The number of hydrogen-bond donors (Lipinski definition) is 0. The lowest BCUT2D eigenvalue weighted by Crippen LogP contribution is -2.56. The molecule has 1 aromatic carbocycles. The van der Waals surface area contributed by atoms with Crippen molar-refractivity contribution in [1.82, 2.24) is 14.9 Å². The normalized spacial score (nSPS) is 17.5. The highest BCUT2D eigenvalue weighted by atomic mass is 16.6. The van der Waals surface area contributed by atoms with Gasteiger partial charge >= 0.3 is 6.09 Å². The van der Waals surface area contributed by atoms with Crippen LogP contribution in [0.25, 0.3) is 17.0 Å². The van der Waals surface area contributed by atoms with Crippen LogP contribution in [-0.4, -0.2) is 65.5 Å². The lowest BCUT2D eigenvalue weighted by atomic mass is 10.0. The van der Waals surface area contributed by atoms with Gasteiger partial charge in [-0.15, -0.1) is 0 Å². The number of ether oxygens (including phenoxy) is 3. The van der Waals surface area contributed by atoms with E-state index in [-0.39, 0.29) is 12.5 Å². The van der Waals surface area contributed by atoms with Gasteiger partial charge in [-0.25, -0.2) is 14.8 Å². The van der Waals surface area contributed by atoms with Crippen LogP contribution in [0.5, 0.6) is 11.5 Å². The van der Waals surface area contributed by atoms with Crippen molar-refractivity contribution in [3.8, 4) is 17.6 Å². The Hall–Kier alpha value is -3.54. The number of unbranched alkanes of at least 4 members (excludes halogenated alkanes) is 1. The molecule has 0 saturated carbocycles. The number of benzene rings is 1. The van der Waals surface area contributed by atoms with Gasteiger partial charge in [-0.1, -0.05) is 13.3 Å². The fourth-order valence-corrected chi connectivity index (χ4v) is 4.34. The van der Waals surface area contributed by atoms with E-state index in [0.29, 0.717) is 38.6 Å². The van der Waals surface area contributed by atoms with E-state index in [2.05, 4.69) is 27.9 Å². The maximum absolute atomic E-state index is 12.8. The predicted octanol–water partition coefficient (Wildman–Crippen LogP) is 4.55. The van der Waals surface area contributed by atoms with Crippen LogP contribution in [0.4, 0.5) is 10.6 Å². The van der Waals surface area contributed by atoms with Crippen LogP contribution in [0.2, 0.25) is 0 Å². The van der Waals surface area contributed by atoms with Crippen molar-refractivity contribution in [2.75, 3.05) is 37.7 Å². The molecule has 9 heteroatoms. The molecule has 0 unspecified atom stereocenters. The molecule has 0 bridgehead atoms. The molecule has 186 valence electrons. The van der Waals surface area contributed by atoms with E-state index in [9.17, 15) is 10.1 Å². The summed E-state index contributed by atoms with van der Waals surface area (Å²) in [5, 5.41) is 10.3. The van der Waals surface area contributed by atoms with Gasteiger partial charge in [0.05, 0.1) is 41.6 Å². The summed E-state index contributed by atoms with van der Waals surface area (Å²) < 4.78 is 17.7. The van der Waals surface area contributed by atoms with E-state index in [1.807, 2.05) is 39.0 Å². The lowest BCUT2D eigenvalue weighted by molar-refractivity contribution is 0.0145. The third-order valence-electron chi connectivity index (χ3n) is 5.96. The van der Waals surface area contributed by atoms with Crippen LogP contribution < -0.4 is 14.4 Å². The zero-order chi connectivity index (χ0) is 25.0. The average Bonchev–Trinajstić information content (AvgIpc) is 2.83. The predicted molar refractivity (Wildman–Crippen MR) is 134 cm³/mol. The molecule has 35 heavy (non-hydrogen) atoms. The molecule has 4 rings (SSSR count). The highest BCUT2D eigenvalue weighted by Gasteiger charge is 2.35. The minimum atomic E-state index is -0.602. The maximum atomic E-state index is 12.8. The van der Waals surface area contributed by atoms with Crippen molar-refractivity contribution in [2.45, 2.75) is 58.6 Å². The summed E-state index contributed by atoms with van der Waals surface area (Å²) in [6.45, 7) is 10.2. The first kappa shape index (κ1) is 24.6. The molecule has 0 N–H and O–H groups in total. The van der Waals surface area contributed by atoms with Gasteiger partial charge in [0, 0.05) is 25.7 Å². The van der Waals surface area contributed by atoms with Crippen LogP contribution in [0.1, 0.15) is 52.5 Å². The lowest BCUT2D eigenvalue weighted by Gasteiger charge is -2.41. The van der Waals surface area contributed by atoms with E-state index >= 15 is 0 Å². The van der Waals surface area contributed by atoms with Gasteiger partial charge in [-0.3, -0.25) is 0 Å². The molecule has 1 aromatic heterocycles. The largest absolute Gasteiger partial charge is 0.493 e. The summed E-state index contributed by atoms with van der Waals surface area (Å²) in [5.41, 5.74) is 1.02. The molecule has 1 atom stereocenters. The van der Waals surface area contributed by atoms with Crippen LogP contribution >= 0.6 is 0 Å². The van der Waals surface area contributed by atoms with Gasteiger partial charge in [-0.05, 0) is 39.3 Å². The van der Waals surface area contributed by atoms with Crippen molar-refractivity contribution >= 4 is 28.9 Å². The fourth-order valence-electron chi connectivity index (χ4n) is 4.34. The third-order valence-corrected chi connectivity index (χ3v) is 5.96. The Labute approximate surface area is 206 Å². The molecule has 0 aliphatic carbocycles. The number of aromatic nitrogens is 2. The molecule has 1 saturated heterocycles. The molecule has 9 nitrogen and oxygen atoms in total. The molecular weight excluding hydrogens is 446 g/mol. The van der Waals surface area contributed by atoms with Crippen molar-refractivity contribution in [1.29, 1.82) is 5.26 Å². The maximum Gasteiger partial charge on any atom is 0.410 e. The van der Waals surface area contributed by atoms with Gasteiger partial charge < -0.3 is 24.0 Å². The summed E-state index contributed by atoms with van der Waals surface area (Å²) in [6.07, 6.45) is 7.35. The highest BCUT2D eigenvalue weighted by Crippen LogP contribution is 2.43. The molecule has 3 heterocycles. The Morgan fingerprint density at radius 3 is 2.89 bits per heavy atom. The first-order chi connectivity index (χ1) is 16.8. The van der Waals surface area contributed by atoms with Crippen LogP contribution in [0.3, 0.4) is 0 Å². The zero-order valence-corrected chi connectivity index (χ0v) is 20.9. The molecule has 1 fully saturated rings. The first-order valence-corrected chi connectivity index (χ1v) is 12.2. The fraction of sp³-hybridized carbons (Fsp3) is 0.538. The SMILES string of the molecule is CCCCOc1cc2ncnc(N3CCN(C(=O)OC(C)(C)C)[C@@H](CC#N)C3)c2c2c1C=CCO2. The van der Waals surface area contributed by atoms with Crippen LogP contribution in [0.15, 0.2) is 18.5 Å². The molecule has 2 aromatic rings. The standard InChI is InChI=1S/C26H33N5O4/c1-5-6-13-33-21-15-20-22(23-19(21)8-7-14-34-23)24(29-17-28-20)30-11-12-31(18(16-30)9-10-27)25(32)35-26(2,3)4/h7-8,15,17-18H,5-6,9,11-14,16H2,1-4H3/t18-/m0/s1. The summed E-state index contributed by atoms with van der Waals surface area (Å²) in [5.74, 6) is 2.19. The van der Waals surface area contributed by atoms with Gasteiger partial charge in [-0.2, -0.15) is 5.26 Å². The van der Waals surface area contributed by atoms with Crippen molar-refractivity contribution in [3.63, 3.8) is 0 Å². The quantitative estimate of drug-likeness (QED) is 0.556. The van der Waals surface area contributed by atoms with Crippen LogP contribution in [-0.2, 0) is 4.74 Å². The van der Waals surface area contributed by atoms with Gasteiger partial charge in [0.25, 0.3) is 0 Å². The summed E-state index contributed by atoms with van der Waals surface area (Å²) in [7, 11) is 0. The van der Waals surface area contributed by atoms with Crippen molar-refractivity contribution < 1.29 is 19.0 Å². The van der Waals surface area contributed by atoms with E-state index in [4.69, 9.17) is 14.2 Å². The number of nitriles is 1. The van der Waals surface area contributed by atoms with Gasteiger partial charge in [0.2, 0.25) is 0 Å². The minimum Gasteiger partial charge on any atom is -0.493 e. The van der Waals surface area contributed by atoms with E-state index < -0.39 is 11.7 Å². The topological polar surface area (TPSA) is 101 Å². The molecular formula is C26H33N5O4. The number of piperazine rings is 1. The number of rotatable bonds is 6. The van der Waals surface area contributed by atoms with Gasteiger partial charge in [0.15, 0.2) is 0 Å². The first-order valence-electron chi connectivity index (χ1n) is 12.2. The van der Waals surface area contributed by atoms with Crippen molar-refractivity contribution in [2.24, 2.45) is 0 Å².